The van der Waals surface area contributed by atoms with Crippen molar-refractivity contribution in [3.63, 3.8) is 0 Å². The summed E-state index contributed by atoms with van der Waals surface area (Å²) in [6.45, 7) is -0.178. The molecular weight excluding hydrogens is 388 g/mol. The molecule has 5 nitrogen and oxygen atoms in total. The van der Waals surface area contributed by atoms with Crippen LogP contribution < -0.4 is 10.6 Å². The van der Waals surface area contributed by atoms with Crippen molar-refractivity contribution in [3.8, 4) is 5.75 Å². The Kier molecular flexibility index (Phi) is 5.94. The molecule has 0 saturated heterocycles. The first-order chi connectivity index (χ1) is 15.1. The third kappa shape index (κ3) is 4.56. The first-order valence-electron chi connectivity index (χ1n) is 10.0. The molecule has 0 aliphatic carbocycles. The molecule has 154 valence electrons. The van der Waals surface area contributed by atoms with Crippen molar-refractivity contribution in [1.29, 1.82) is 0 Å². The number of fused-ring (bicyclic) bond motifs is 1. The Morgan fingerprint density at radius 1 is 0.774 bits per heavy atom. The normalized spacial score (nSPS) is 11.6. The summed E-state index contributed by atoms with van der Waals surface area (Å²) in [4.78, 5) is 25.0. The number of carbonyl (C=O) groups excluding carboxylic acids is 2. The fourth-order valence-electron chi connectivity index (χ4n) is 3.62. The van der Waals surface area contributed by atoms with Gasteiger partial charge in [-0.15, -0.1) is 0 Å². The Morgan fingerprint density at radius 2 is 1.42 bits per heavy atom. The van der Waals surface area contributed by atoms with Gasteiger partial charge in [0.25, 0.3) is 5.91 Å². The quantitative estimate of drug-likeness (QED) is 0.446. The summed E-state index contributed by atoms with van der Waals surface area (Å²) >= 11 is 0. The Morgan fingerprint density at radius 3 is 2.16 bits per heavy atom. The van der Waals surface area contributed by atoms with Gasteiger partial charge < -0.3 is 15.7 Å². The molecule has 0 aromatic heterocycles. The molecule has 0 spiro atoms. The number of benzene rings is 4. The fourth-order valence-corrected chi connectivity index (χ4v) is 3.62. The van der Waals surface area contributed by atoms with Crippen molar-refractivity contribution < 1.29 is 14.7 Å². The highest BCUT2D eigenvalue weighted by Gasteiger charge is 2.22. The number of aromatic hydroxyl groups is 1. The van der Waals surface area contributed by atoms with E-state index in [0.717, 1.165) is 16.3 Å². The minimum atomic E-state index is -0.576. The van der Waals surface area contributed by atoms with Crippen LogP contribution >= 0.6 is 0 Å². The van der Waals surface area contributed by atoms with Crippen molar-refractivity contribution >= 4 is 22.6 Å². The summed E-state index contributed by atoms with van der Waals surface area (Å²) in [5.41, 5.74) is 1.94. The topological polar surface area (TPSA) is 78.4 Å². The van der Waals surface area contributed by atoms with Gasteiger partial charge in [0.05, 0.1) is 12.6 Å². The molecule has 1 atom stereocenters. The summed E-state index contributed by atoms with van der Waals surface area (Å²) in [5, 5.41) is 18.1. The van der Waals surface area contributed by atoms with Gasteiger partial charge in [0, 0.05) is 11.1 Å². The van der Waals surface area contributed by atoms with Crippen LogP contribution in [-0.4, -0.2) is 23.5 Å². The molecule has 1 unspecified atom stereocenters. The second-order valence-electron chi connectivity index (χ2n) is 7.18. The highest BCUT2D eigenvalue weighted by molar-refractivity contribution is 5.96. The van der Waals surface area contributed by atoms with E-state index >= 15 is 0 Å². The maximum absolute atomic E-state index is 12.8. The Balaban J connectivity index is 1.61. The summed E-state index contributed by atoms with van der Waals surface area (Å²) in [6, 6.07) is 28.8. The molecular formula is C26H22N2O3. The molecule has 0 heterocycles. The van der Waals surface area contributed by atoms with E-state index in [1.807, 2.05) is 66.7 Å². The van der Waals surface area contributed by atoms with Gasteiger partial charge in [-0.2, -0.15) is 0 Å². The third-order valence-corrected chi connectivity index (χ3v) is 5.12. The van der Waals surface area contributed by atoms with E-state index in [0.29, 0.717) is 11.1 Å². The van der Waals surface area contributed by atoms with E-state index in [1.54, 1.807) is 30.3 Å². The molecule has 31 heavy (non-hydrogen) atoms. The van der Waals surface area contributed by atoms with E-state index in [-0.39, 0.29) is 24.1 Å². The third-order valence-electron chi connectivity index (χ3n) is 5.12. The van der Waals surface area contributed by atoms with Gasteiger partial charge in [-0.05, 0) is 34.5 Å². The van der Waals surface area contributed by atoms with E-state index in [9.17, 15) is 14.7 Å². The van der Waals surface area contributed by atoms with Crippen LogP contribution in [0.2, 0.25) is 0 Å². The lowest BCUT2D eigenvalue weighted by molar-refractivity contribution is -0.120. The van der Waals surface area contributed by atoms with Gasteiger partial charge in [-0.3, -0.25) is 9.59 Å². The van der Waals surface area contributed by atoms with Gasteiger partial charge in [-0.1, -0.05) is 78.9 Å². The van der Waals surface area contributed by atoms with Crippen LogP contribution in [0.1, 0.15) is 27.5 Å². The van der Waals surface area contributed by atoms with Gasteiger partial charge in [-0.25, -0.2) is 0 Å². The van der Waals surface area contributed by atoms with Crippen LogP contribution in [0.25, 0.3) is 10.8 Å². The average molecular weight is 410 g/mol. The molecule has 3 N–H and O–H groups in total. The molecule has 0 aliphatic rings. The lowest BCUT2D eigenvalue weighted by Crippen LogP contribution is -2.39. The Bertz CT molecular complexity index is 1210. The number of carbonyl (C=O) groups is 2. The maximum Gasteiger partial charge on any atom is 0.251 e. The number of amides is 2. The largest absolute Gasteiger partial charge is 0.508 e. The summed E-state index contributed by atoms with van der Waals surface area (Å²) < 4.78 is 0. The SMILES string of the molecule is O=C(CNC(=O)c1ccccc1)NC(c1ccccc1)c1c(O)ccc2ccccc12. The molecule has 0 fully saturated rings. The minimum Gasteiger partial charge on any atom is -0.508 e. The predicted molar refractivity (Wildman–Crippen MR) is 121 cm³/mol. The van der Waals surface area contributed by atoms with Crippen molar-refractivity contribution in [2.75, 3.05) is 6.54 Å². The number of nitrogens with one attached hydrogen (secondary N) is 2. The van der Waals surface area contributed by atoms with Crippen molar-refractivity contribution in [2.24, 2.45) is 0 Å². The van der Waals surface area contributed by atoms with Crippen molar-refractivity contribution in [1.82, 2.24) is 10.6 Å². The highest BCUT2D eigenvalue weighted by Crippen LogP contribution is 2.35. The van der Waals surface area contributed by atoms with Gasteiger partial charge >= 0.3 is 0 Å². The van der Waals surface area contributed by atoms with Crippen molar-refractivity contribution in [2.45, 2.75) is 6.04 Å². The fraction of sp³-hybridized carbons (Fsp3) is 0.0769. The standard InChI is InChI=1S/C26H22N2O3/c29-22-16-15-18-9-7-8-14-21(18)24(22)25(19-10-3-1-4-11-19)28-23(30)17-27-26(31)20-12-5-2-6-13-20/h1-16,25,29H,17H2,(H,27,31)(H,28,30). The summed E-state index contributed by atoms with van der Waals surface area (Å²) in [6.07, 6.45) is 0. The van der Waals surface area contributed by atoms with Crippen LogP contribution in [-0.2, 0) is 4.79 Å². The van der Waals surface area contributed by atoms with Crippen LogP contribution in [0.5, 0.6) is 5.75 Å². The van der Waals surface area contributed by atoms with Crippen LogP contribution in [0.3, 0.4) is 0 Å². The van der Waals surface area contributed by atoms with Gasteiger partial charge in [0.2, 0.25) is 5.91 Å². The smallest absolute Gasteiger partial charge is 0.251 e. The van der Waals surface area contributed by atoms with E-state index in [1.165, 1.54) is 0 Å². The minimum absolute atomic E-state index is 0.0983. The van der Waals surface area contributed by atoms with Gasteiger partial charge in [0.15, 0.2) is 0 Å². The first-order valence-corrected chi connectivity index (χ1v) is 10.0. The predicted octanol–water partition coefficient (Wildman–Crippen LogP) is 4.18. The maximum atomic E-state index is 12.8. The van der Waals surface area contributed by atoms with Crippen LogP contribution in [0.4, 0.5) is 0 Å². The zero-order chi connectivity index (χ0) is 21.6. The number of rotatable bonds is 6. The molecule has 2 amide bonds. The van der Waals surface area contributed by atoms with Crippen LogP contribution in [0.15, 0.2) is 97.1 Å². The van der Waals surface area contributed by atoms with E-state index in [2.05, 4.69) is 10.6 Å². The molecule has 4 aromatic rings. The molecule has 0 saturated carbocycles. The number of hydrogen-bond donors (Lipinski definition) is 3. The molecule has 0 bridgehead atoms. The monoisotopic (exact) mass is 410 g/mol. The zero-order valence-corrected chi connectivity index (χ0v) is 16.8. The highest BCUT2D eigenvalue weighted by atomic mass is 16.3. The molecule has 0 radical (unpaired) electrons. The summed E-state index contributed by atoms with van der Waals surface area (Å²) in [7, 11) is 0. The van der Waals surface area contributed by atoms with E-state index in [4.69, 9.17) is 0 Å². The average Bonchev–Trinajstić information content (AvgIpc) is 2.82. The molecule has 4 aromatic carbocycles. The second kappa shape index (κ2) is 9.13. The second-order valence-corrected chi connectivity index (χ2v) is 7.18. The molecule has 4 rings (SSSR count). The van der Waals surface area contributed by atoms with Gasteiger partial charge in [0.1, 0.15) is 5.75 Å². The molecule has 5 heteroatoms. The summed E-state index contributed by atoms with van der Waals surface area (Å²) in [5.74, 6) is -0.577. The first kappa shape index (κ1) is 20.2. The molecule has 0 aliphatic heterocycles. The number of phenolic OH excluding ortho intramolecular Hbond substituents is 1. The Hall–Kier alpha value is -4.12. The zero-order valence-electron chi connectivity index (χ0n) is 16.8. The van der Waals surface area contributed by atoms with Crippen LogP contribution in [0, 0.1) is 0 Å². The number of phenols is 1. The van der Waals surface area contributed by atoms with E-state index < -0.39 is 6.04 Å². The van der Waals surface area contributed by atoms with Crippen molar-refractivity contribution in [3.05, 3.63) is 114 Å². The Labute approximate surface area is 180 Å². The lowest BCUT2D eigenvalue weighted by Gasteiger charge is -2.23. The lowest BCUT2D eigenvalue weighted by atomic mass is 9.92. The number of hydrogen-bond acceptors (Lipinski definition) is 3.